The van der Waals surface area contributed by atoms with Gasteiger partial charge in [-0.1, -0.05) is 0 Å². The van der Waals surface area contributed by atoms with E-state index in [2.05, 4.69) is 15.3 Å². The summed E-state index contributed by atoms with van der Waals surface area (Å²) in [7, 11) is 0. The van der Waals surface area contributed by atoms with Crippen LogP contribution in [0.2, 0.25) is 0 Å². The van der Waals surface area contributed by atoms with Crippen molar-refractivity contribution in [1.29, 1.82) is 0 Å². The van der Waals surface area contributed by atoms with Gasteiger partial charge in [0.15, 0.2) is 5.65 Å². The van der Waals surface area contributed by atoms with E-state index in [1.807, 2.05) is 0 Å². The highest BCUT2D eigenvalue weighted by atomic mass is 19.1. The number of anilines is 1. The van der Waals surface area contributed by atoms with Crippen molar-refractivity contribution in [3.63, 3.8) is 0 Å². The maximum atomic E-state index is 13.8. The summed E-state index contributed by atoms with van der Waals surface area (Å²) in [6, 6.07) is 4.73. The number of aromatic nitrogens is 3. The third kappa shape index (κ3) is 2.89. The van der Waals surface area contributed by atoms with Crippen LogP contribution in [0.5, 0.6) is 0 Å². The molecule has 0 radical (unpaired) electrons. The number of carbonyl (C=O) groups is 1. The Morgan fingerprint density at radius 2 is 2.15 bits per heavy atom. The summed E-state index contributed by atoms with van der Waals surface area (Å²) in [5.74, 6) is -1.30. The largest absolute Gasteiger partial charge is 0.477 e. The summed E-state index contributed by atoms with van der Waals surface area (Å²) < 4.78 is 15.1. The van der Waals surface area contributed by atoms with Crippen LogP contribution in [-0.4, -0.2) is 43.4 Å². The molecular weight excluding hydrogens is 357 g/mol. The van der Waals surface area contributed by atoms with E-state index in [0.29, 0.717) is 11.4 Å². The van der Waals surface area contributed by atoms with E-state index in [1.54, 1.807) is 17.2 Å². The molecule has 4 rings (SSSR count). The van der Waals surface area contributed by atoms with Crippen LogP contribution in [-0.2, 0) is 0 Å². The Hall–Kier alpha value is -3.40. The highest BCUT2D eigenvalue weighted by molar-refractivity contribution is 5.94. The van der Waals surface area contributed by atoms with E-state index in [4.69, 9.17) is 0 Å². The van der Waals surface area contributed by atoms with Crippen molar-refractivity contribution in [2.24, 2.45) is 5.18 Å². The Bertz CT molecular complexity index is 1050. The van der Waals surface area contributed by atoms with Gasteiger partial charge in [-0.05, 0) is 35.9 Å². The number of nitrogens with zero attached hydrogens (tertiary/aromatic N) is 5. The Kier molecular flexibility index (Phi) is 4.04. The van der Waals surface area contributed by atoms with Gasteiger partial charge in [0.2, 0.25) is 0 Å². The molecule has 0 bridgehead atoms. The topological polar surface area (TPSA) is 120 Å². The normalized spacial score (nSPS) is 19.6. The minimum absolute atomic E-state index is 0.0610. The van der Waals surface area contributed by atoms with Gasteiger partial charge >= 0.3 is 5.97 Å². The number of fused-ring (bicyclic) bond motifs is 1. The first-order valence-corrected chi connectivity index (χ1v) is 8.13. The van der Waals surface area contributed by atoms with Crippen molar-refractivity contribution in [3.8, 4) is 0 Å². The van der Waals surface area contributed by atoms with Crippen LogP contribution >= 0.6 is 0 Å². The number of nitroso groups, excluding NO2 is 1. The fraction of sp³-hybridized carbons (Fsp3) is 0.235. The minimum atomic E-state index is -1.16. The molecule has 1 unspecified atom stereocenters. The third-order valence-electron chi connectivity index (χ3n) is 4.61. The highest BCUT2D eigenvalue weighted by Crippen LogP contribution is 2.40. The van der Waals surface area contributed by atoms with Crippen LogP contribution in [0.1, 0.15) is 28.4 Å². The monoisotopic (exact) mass is 371 g/mol. The summed E-state index contributed by atoms with van der Waals surface area (Å²) in [5, 5.41) is 26.3. The number of aromatic carboxylic acids is 1. The Morgan fingerprint density at radius 3 is 2.89 bits per heavy atom. The molecule has 27 heavy (non-hydrogen) atoms. The Labute approximate surface area is 151 Å². The number of β-amino-alcohol motifs (C(OH)–C–C–N with tert-alkyl or cyclic N) is 1. The molecule has 3 heterocycles. The molecule has 1 aliphatic heterocycles. The molecule has 2 atom stereocenters. The molecule has 138 valence electrons. The van der Waals surface area contributed by atoms with Gasteiger partial charge in [-0.25, -0.2) is 18.7 Å². The van der Waals surface area contributed by atoms with E-state index >= 15 is 0 Å². The number of halogens is 1. The molecule has 10 heteroatoms. The van der Waals surface area contributed by atoms with Gasteiger partial charge < -0.3 is 15.1 Å². The highest BCUT2D eigenvalue weighted by Gasteiger charge is 2.35. The smallest absolute Gasteiger partial charge is 0.341 e. The van der Waals surface area contributed by atoms with Crippen molar-refractivity contribution in [3.05, 3.63) is 58.5 Å². The number of aliphatic hydroxyl groups is 1. The van der Waals surface area contributed by atoms with Crippen LogP contribution in [0.4, 0.5) is 15.9 Å². The minimum Gasteiger partial charge on any atom is -0.477 e. The quantitative estimate of drug-likeness (QED) is 0.675. The third-order valence-corrected chi connectivity index (χ3v) is 4.61. The van der Waals surface area contributed by atoms with Gasteiger partial charge in [-0.3, -0.25) is 0 Å². The zero-order valence-corrected chi connectivity index (χ0v) is 13.9. The number of benzene rings is 1. The lowest BCUT2D eigenvalue weighted by atomic mass is 10.0. The second kappa shape index (κ2) is 6.40. The Balaban J connectivity index is 1.81. The molecule has 2 aromatic heterocycles. The van der Waals surface area contributed by atoms with Crippen molar-refractivity contribution < 1.29 is 19.4 Å². The van der Waals surface area contributed by atoms with Gasteiger partial charge in [0.25, 0.3) is 0 Å². The van der Waals surface area contributed by atoms with Gasteiger partial charge in [0, 0.05) is 18.3 Å². The molecule has 2 N–H and O–H groups in total. The SMILES string of the molecule is O=Nc1ccc(F)cc1C1C[C@@H](O)CN1c1ccn2ncc(C(=O)O)c2n1. The van der Waals surface area contributed by atoms with E-state index in [-0.39, 0.29) is 29.9 Å². The fourth-order valence-corrected chi connectivity index (χ4v) is 3.41. The average Bonchev–Trinajstić information content (AvgIpc) is 3.24. The van der Waals surface area contributed by atoms with Crippen LogP contribution in [0, 0.1) is 10.7 Å². The number of hydrogen-bond acceptors (Lipinski definition) is 7. The number of rotatable bonds is 4. The number of hydrogen-bond donors (Lipinski definition) is 2. The van der Waals surface area contributed by atoms with Crippen molar-refractivity contribution in [2.45, 2.75) is 18.6 Å². The first-order valence-electron chi connectivity index (χ1n) is 8.13. The molecular formula is C17H14FN5O4. The van der Waals surface area contributed by atoms with E-state index in [0.717, 1.165) is 6.07 Å². The van der Waals surface area contributed by atoms with Gasteiger partial charge in [0.1, 0.15) is 22.9 Å². The van der Waals surface area contributed by atoms with E-state index in [1.165, 1.54) is 22.8 Å². The fourth-order valence-electron chi connectivity index (χ4n) is 3.41. The second-order valence-electron chi connectivity index (χ2n) is 6.27. The average molecular weight is 371 g/mol. The summed E-state index contributed by atoms with van der Waals surface area (Å²) in [4.78, 5) is 28.5. The van der Waals surface area contributed by atoms with Crippen molar-refractivity contribution in [1.82, 2.24) is 14.6 Å². The number of carboxylic acid groups (broad SMARTS) is 1. The number of carboxylic acids is 1. The molecule has 1 aliphatic rings. The van der Waals surface area contributed by atoms with Crippen LogP contribution in [0.25, 0.3) is 5.65 Å². The van der Waals surface area contributed by atoms with Gasteiger partial charge in [-0.2, -0.15) is 5.10 Å². The zero-order chi connectivity index (χ0) is 19.1. The summed E-state index contributed by atoms with van der Waals surface area (Å²) in [5.41, 5.74) is 0.509. The first kappa shape index (κ1) is 17.0. The van der Waals surface area contributed by atoms with Crippen molar-refractivity contribution in [2.75, 3.05) is 11.4 Å². The molecule has 0 aliphatic carbocycles. The first-order chi connectivity index (χ1) is 13.0. The summed E-state index contributed by atoms with van der Waals surface area (Å²) in [6.45, 7) is 0.194. The number of aliphatic hydroxyl groups excluding tert-OH is 1. The molecule has 3 aromatic rings. The maximum absolute atomic E-state index is 13.8. The lowest BCUT2D eigenvalue weighted by Gasteiger charge is -2.26. The van der Waals surface area contributed by atoms with Crippen molar-refractivity contribution >= 4 is 23.1 Å². The zero-order valence-electron chi connectivity index (χ0n) is 13.9. The van der Waals surface area contributed by atoms with Gasteiger partial charge in [0.05, 0.1) is 18.3 Å². The van der Waals surface area contributed by atoms with E-state index < -0.39 is 23.9 Å². The lowest BCUT2D eigenvalue weighted by Crippen LogP contribution is -2.25. The molecule has 0 amide bonds. The molecule has 1 aromatic carbocycles. The lowest BCUT2D eigenvalue weighted by molar-refractivity contribution is 0.0698. The van der Waals surface area contributed by atoms with Gasteiger partial charge in [-0.15, -0.1) is 4.91 Å². The molecule has 1 saturated heterocycles. The second-order valence-corrected chi connectivity index (χ2v) is 6.27. The standard InChI is InChI=1S/C17H14FN5O4/c18-9-1-2-13(21-27)11(5-9)14-6-10(24)8-22(14)15-3-4-23-16(20-15)12(7-19-23)17(25)26/h1-5,7,10,14,24H,6,8H2,(H,25,26)/t10-,14?/m1/s1. The molecule has 9 nitrogen and oxygen atoms in total. The molecule has 1 fully saturated rings. The van der Waals surface area contributed by atoms with E-state index in [9.17, 15) is 24.3 Å². The van der Waals surface area contributed by atoms with Crippen LogP contribution in [0.3, 0.4) is 0 Å². The molecule has 0 spiro atoms. The summed E-state index contributed by atoms with van der Waals surface area (Å²) >= 11 is 0. The van der Waals surface area contributed by atoms with Crippen LogP contribution < -0.4 is 4.90 Å². The predicted molar refractivity (Wildman–Crippen MR) is 92.5 cm³/mol. The Morgan fingerprint density at radius 1 is 1.33 bits per heavy atom. The maximum Gasteiger partial charge on any atom is 0.341 e. The van der Waals surface area contributed by atoms with Crippen LogP contribution in [0.15, 0.2) is 41.8 Å². The molecule has 0 saturated carbocycles. The predicted octanol–water partition coefficient (Wildman–Crippen LogP) is 2.28. The summed E-state index contributed by atoms with van der Waals surface area (Å²) in [6.07, 6.45) is 2.28.